The summed E-state index contributed by atoms with van der Waals surface area (Å²) in [7, 11) is 0. The van der Waals surface area contributed by atoms with E-state index in [9.17, 15) is 4.21 Å². The number of hydrogen-bond donors (Lipinski definition) is 1. The van der Waals surface area contributed by atoms with Crippen LogP contribution >= 0.6 is 0 Å². The second-order valence-corrected chi connectivity index (χ2v) is 1.93. The summed E-state index contributed by atoms with van der Waals surface area (Å²) < 4.78 is 14.4. The van der Waals surface area contributed by atoms with E-state index in [1.165, 1.54) is 12.5 Å². The van der Waals surface area contributed by atoms with E-state index in [2.05, 4.69) is 15.0 Å². The minimum atomic E-state index is -1.29. The Hall–Kier alpha value is -0.420. The first kappa shape index (κ1) is 7.58. The van der Waals surface area contributed by atoms with Gasteiger partial charge in [0, 0.05) is 12.5 Å². The van der Waals surface area contributed by atoms with Crippen molar-refractivity contribution in [3.8, 4) is 0 Å². The van der Waals surface area contributed by atoms with Crippen LogP contribution in [0.25, 0.3) is 0 Å². The van der Waals surface area contributed by atoms with Crippen molar-refractivity contribution in [3.63, 3.8) is 0 Å². The Morgan fingerprint density at radius 1 is 1.88 bits per heavy atom. The highest BCUT2D eigenvalue weighted by molar-refractivity contribution is 7.79. The maximum atomic E-state index is 10.1. The molecule has 0 rings (SSSR count). The van der Waals surface area contributed by atoms with Crippen molar-refractivity contribution in [1.29, 1.82) is 0 Å². The smallest absolute Gasteiger partial charge is 0.178 e. The van der Waals surface area contributed by atoms with E-state index in [0.717, 1.165) is 0 Å². The second kappa shape index (κ2) is 4.73. The predicted molar refractivity (Wildman–Crippen MR) is 32.5 cm³/mol. The van der Waals surface area contributed by atoms with Crippen LogP contribution in [0.2, 0.25) is 0 Å². The van der Waals surface area contributed by atoms with Crippen molar-refractivity contribution in [2.75, 3.05) is 6.26 Å². The SMILES string of the molecule is C/C=N/NOS(C)=O. The van der Waals surface area contributed by atoms with E-state index in [0.29, 0.717) is 0 Å². The maximum absolute atomic E-state index is 10.1. The molecule has 0 heterocycles. The molecule has 5 heteroatoms. The lowest BCUT2D eigenvalue weighted by Gasteiger charge is -1.91. The van der Waals surface area contributed by atoms with Gasteiger partial charge in [0.25, 0.3) is 0 Å². The fourth-order valence-electron chi connectivity index (χ4n) is 0.127. The van der Waals surface area contributed by atoms with Crippen LogP contribution in [-0.4, -0.2) is 16.7 Å². The molecule has 1 N–H and O–H groups in total. The highest BCUT2D eigenvalue weighted by atomic mass is 32.2. The van der Waals surface area contributed by atoms with Crippen molar-refractivity contribution in [1.82, 2.24) is 5.59 Å². The van der Waals surface area contributed by atoms with E-state index in [1.807, 2.05) is 0 Å². The molecule has 0 aliphatic rings. The fraction of sp³-hybridized carbons (Fsp3) is 0.667. The first-order valence-corrected chi connectivity index (χ1v) is 3.49. The fourth-order valence-corrected chi connectivity index (χ4v) is 0.275. The Morgan fingerprint density at radius 2 is 2.50 bits per heavy atom. The van der Waals surface area contributed by atoms with E-state index in [-0.39, 0.29) is 0 Å². The Kier molecular flexibility index (Phi) is 4.48. The van der Waals surface area contributed by atoms with Gasteiger partial charge in [-0.2, -0.15) is 15.0 Å². The molecule has 0 fully saturated rings. The molecule has 0 spiro atoms. The zero-order valence-corrected chi connectivity index (χ0v) is 5.57. The number of nitrogens with one attached hydrogen (secondary N) is 1. The summed E-state index contributed by atoms with van der Waals surface area (Å²) in [6.45, 7) is 1.72. The van der Waals surface area contributed by atoms with Crippen molar-refractivity contribution < 1.29 is 8.49 Å². The molecule has 8 heavy (non-hydrogen) atoms. The molecule has 0 bridgehead atoms. The molecule has 0 radical (unpaired) electrons. The summed E-state index contributed by atoms with van der Waals surface area (Å²) >= 11 is -1.29. The lowest BCUT2D eigenvalue weighted by molar-refractivity contribution is 0.231. The second-order valence-electron chi connectivity index (χ2n) is 0.963. The van der Waals surface area contributed by atoms with Crippen LogP contribution in [-0.2, 0) is 15.4 Å². The molecule has 4 nitrogen and oxygen atoms in total. The van der Waals surface area contributed by atoms with Crippen LogP contribution in [0, 0.1) is 0 Å². The van der Waals surface area contributed by atoms with Crippen LogP contribution in [0.3, 0.4) is 0 Å². The Labute approximate surface area is 50.5 Å². The maximum Gasteiger partial charge on any atom is 0.178 e. The Morgan fingerprint density at radius 3 is 2.88 bits per heavy atom. The summed E-state index contributed by atoms with van der Waals surface area (Å²) in [5, 5.41) is 3.42. The Balaban J connectivity index is 3.05. The van der Waals surface area contributed by atoms with Gasteiger partial charge in [-0.15, -0.1) is 0 Å². The summed E-state index contributed by atoms with van der Waals surface area (Å²) in [5.74, 6) is 0. The highest BCUT2D eigenvalue weighted by Crippen LogP contribution is 1.69. The van der Waals surface area contributed by atoms with E-state index < -0.39 is 11.1 Å². The number of hydrazone groups is 1. The van der Waals surface area contributed by atoms with Gasteiger partial charge in [0.2, 0.25) is 0 Å². The minimum Gasteiger partial charge on any atom is -0.228 e. The van der Waals surface area contributed by atoms with Gasteiger partial charge in [0.15, 0.2) is 11.1 Å². The van der Waals surface area contributed by atoms with Crippen molar-refractivity contribution in [3.05, 3.63) is 0 Å². The normalized spacial score (nSPS) is 14.2. The molecule has 1 unspecified atom stereocenters. The molecular formula is C3H8N2O2S. The third-order valence-corrected chi connectivity index (χ3v) is 0.646. The van der Waals surface area contributed by atoms with Gasteiger partial charge < -0.3 is 0 Å². The highest BCUT2D eigenvalue weighted by Gasteiger charge is 1.81. The first-order chi connectivity index (χ1) is 3.77. The van der Waals surface area contributed by atoms with E-state index in [1.54, 1.807) is 6.92 Å². The molecular weight excluding hydrogens is 128 g/mol. The number of rotatable bonds is 3. The van der Waals surface area contributed by atoms with Gasteiger partial charge in [0.05, 0.1) is 0 Å². The summed E-state index contributed by atoms with van der Waals surface area (Å²) in [6, 6.07) is 0. The summed E-state index contributed by atoms with van der Waals surface area (Å²) in [6.07, 6.45) is 2.89. The van der Waals surface area contributed by atoms with Crippen molar-refractivity contribution in [2.24, 2.45) is 5.10 Å². The monoisotopic (exact) mass is 136 g/mol. The Bertz CT molecular complexity index is 103. The average Bonchev–Trinajstić information content (AvgIpc) is 1.66. The van der Waals surface area contributed by atoms with Gasteiger partial charge in [0.1, 0.15) is 0 Å². The quantitative estimate of drug-likeness (QED) is 0.432. The third kappa shape index (κ3) is 5.58. The van der Waals surface area contributed by atoms with Crippen molar-refractivity contribution >= 4 is 17.3 Å². The predicted octanol–water partition coefficient (Wildman–Crippen LogP) is -0.193. The summed E-state index contributed by atoms with van der Waals surface area (Å²) in [5.41, 5.74) is 2.10. The van der Waals surface area contributed by atoms with Crippen LogP contribution in [0.15, 0.2) is 5.10 Å². The summed E-state index contributed by atoms with van der Waals surface area (Å²) in [4.78, 5) is 0. The molecule has 0 amide bonds. The molecule has 0 aromatic heterocycles. The van der Waals surface area contributed by atoms with Crippen LogP contribution in [0.5, 0.6) is 0 Å². The van der Waals surface area contributed by atoms with Gasteiger partial charge in [-0.25, -0.2) is 4.21 Å². The van der Waals surface area contributed by atoms with Gasteiger partial charge in [-0.3, -0.25) is 0 Å². The van der Waals surface area contributed by atoms with Crippen LogP contribution < -0.4 is 5.59 Å². The molecule has 0 saturated carbocycles. The number of nitrogens with zero attached hydrogens (tertiary/aromatic N) is 1. The molecule has 0 saturated heterocycles. The lowest BCUT2D eigenvalue weighted by Crippen LogP contribution is -2.07. The molecule has 48 valence electrons. The standard InChI is InChI=1S/C3H8N2O2S/c1-3-4-5-7-8(2)6/h3,5H,1-2H3/b4-3+. The first-order valence-electron chi connectivity index (χ1n) is 2.00. The van der Waals surface area contributed by atoms with Crippen LogP contribution in [0.4, 0.5) is 0 Å². The molecule has 0 aliphatic carbocycles. The topological polar surface area (TPSA) is 50.7 Å². The van der Waals surface area contributed by atoms with E-state index in [4.69, 9.17) is 0 Å². The van der Waals surface area contributed by atoms with Gasteiger partial charge >= 0.3 is 0 Å². The van der Waals surface area contributed by atoms with Gasteiger partial charge in [-0.05, 0) is 6.92 Å². The van der Waals surface area contributed by atoms with Crippen LogP contribution in [0.1, 0.15) is 6.92 Å². The third-order valence-electron chi connectivity index (χ3n) is 0.336. The molecule has 0 aromatic carbocycles. The minimum absolute atomic E-state index is 1.29. The lowest BCUT2D eigenvalue weighted by atomic mass is 10.9. The zero-order chi connectivity index (χ0) is 6.41. The van der Waals surface area contributed by atoms with Crippen molar-refractivity contribution in [2.45, 2.75) is 6.92 Å². The average molecular weight is 136 g/mol. The molecule has 1 atom stereocenters. The molecule has 0 aromatic rings. The largest absolute Gasteiger partial charge is 0.228 e. The zero-order valence-electron chi connectivity index (χ0n) is 4.75. The number of hydrogen-bond acceptors (Lipinski definition) is 4. The van der Waals surface area contributed by atoms with E-state index >= 15 is 0 Å². The molecule has 0 aliphatic heterocycles. The van der Waals surface area contributed by atoms with Gasteiger partial charge in [-0.1, -0.05) is 0 Å².